The lowest BCUT2D eigenvalue weighted by Crippen LogP contribution is -2.10. The fourth-order valence-electron chi connectivity index (χ4n) is 2.60. The Bertz CT molecular complexity index is 885. The summed E-state index contributed by atoms with van der Waals surface area (Å²) in [5, 5.41) is 6.28. The summed E-state index contributed by atoms with van der Waals surface area (Å²) in [5.74, 6) is -0.100. The molecule has 1 aliphatic heterocycles. The summed E-state index contributed by atoms with van der Waals surface area (Å²) in [6.07, 6.45) is 0. The van der Waals surface area contributed by atoms with Crippen LogP contribution in [0.25, 0.3) is 10.4 Å². The molecule has 0 spiro atoms. The van der Waals surface area contributed by atoms with Gasteiger partial charge < -0.3 is 10.6 Å². The van der Waals surface area contributed by atoms with Crippen LogP contribution in [0.2, 0.25) is 0 Å². The normalized spacial score (nSPS) is 12.7. The van der Waals surface area contributed by atoms with Gasteiger partial charge in [-0.25, -0.2) is 4.98 Å². The molecule has 0 aliphatic carbocycles. The van der Waals surface area contributed by atoms with Crippen molar-refractivity contribution >= 4 is 34.3 Å². The minimum atomic E-state index is -0.100. The van der Waals surface area contributed by atoms with E-state index in [9.17, 15) is 4.79 Å². The third kappa shape index (κ3) is 2.07. The number of anilines is 3. The van der Waals surface area contributed by atoms with Gasteiger partial charge in [-0.15, -0.1) is 11.3 Å². The highest BCUT2D eigenvalue weighted by Gasteiger charge is 2.19. The molecule has 4 rings (SSSR count). The maximum atomic E-state index is 12.5. The largest absolute Gasteiger partial charge is 0.353 e. The molecule has 1 aromatic heterocycles. The quantitative estimate of drug-likeness (QED) is 0.699. The van der Waals surface area contributed by atoms with Crippen molar-refractivity contribution < 1.29 is 4.79 Å². The van der Waals surface area contributed by atoms with Crippen molar-refractivity contribution in [3.63, 3.8) is 0 Å². The summed E-state index contributed by atoms with van der Waals surface area (Å²) in [5.41, 5.74) is 6.96. The monoisotopic (exact) mass is 307 g/mol. The third-order valence-electron chi connectivity index (χ3n) is 3.72. The van der Waals surface area contributed by atoms with Gasteiger partial charge in [0.1, 0.15) is 0 Å². The van der Waals surface area contributed by atoms with Crippen molar-refractivity contribution in [2.45, 2.75) is 6.92 Å². The van der Waals surface area contributed by atoms with Crippen LogP contribution >= 0.6 is 11.3 Å². The van der Waals surface area contributed by atoms with Crippen molar-refractivity contribution in [1.29, 1.82) is 0 Å². The third-order valence-corrected chi connectivity index (χ3v) is 4.69. The number of carbonyl (C=O) groups is 1. The number of rotatable bonds is 1. The summed E-state index contributed by atoms with van der Waals surface area (Å²) in [7, 11) is 0. The first kappa shape index (κ1) is 13.0. The molecule has 0 fully saturated rings. The molecule has 22 heavy (non-hydrogen) atoms. The van der Waals surface area contributed by atoms with Gasteiger partial charge in [0.25, 0.3) is 5.91 Å². The summed E-state index contributed by atoms with van der Waals surface area (Å²) < 4.78 is 0. The topological polar surface area (TPSA) is 54.0 Å². The molecule has 4 nitrogen and oxygen atoms in total. The van der Waals surface area contributed by atoms with Crippen molar-refractivity contribution in [2.24, 2.45) is 0 Å². The number of nitrogens with one attached hydrogen (secondary N) is 2. The summed E-state index contributed by atoms with van der Waals surface area (Å²) in [6.45, 7) is 1.98. The number of aromatic nitrogens is 1. The zero-order valence-electron chi connectivity index (χ0n) is 11.9. The van der Waals surface area contributed by atoms with Gasteiger partial charge in [-0.1, -0.05) is 18.2 Å². The molecule has 2 aromatic carbocycles. The van der Waals surface area contributed by atoms with E-state index in [1.165, 1.54) is 0 Å². The summed E-state index contributed by atoms with van der Waals surface area (Å²) >= 11 is 1.58. The molecule has 0 saturated heterocycles. The Morgan fingerprint density at radius 1 is 1.00 bits per heavy atom. The fraction of sp³-hybridized carbons (Fsp3) is 0.0588. The molecule has 5 heteroatoms. The Balaban J connectivity index is 1.83. The second kappa shape index (κ2) is 4.96. The first-order valence-corrected chi connectivity index (χ1v) is 7.82. The summed E-state index contributed by atoms with van der Waals surface area (Å²) in [6, 6.07) is 13.6. The zero-order chi connectivity index (χ0) is 15.1. The second-order valence-corrected chi connectivity index (χ2v) is 6.01. The van der Waals surface area contributed by atoms with E-state index in [0.29, 0.717) is 5.56 Å². The first-order valence-electron chi connectivity index (χ1n) is 6.94. The molecule has 0 atom stereocenters. The van der Waals surface area contributed by atoms with Gasteiger partial charge >= 0.3 is 0 Å². The molecular formula is C17H13N3OS. The fourth-order valence-corrected chi connectivity index (χ4v) is 3.40. The van der Waals surface area contributed by atoms with Gasteiger partial charge in [-0.3, -0.25) is 4.79 Å². The van der Waals surface area contributed by atoms with E-state index in [-0.39, 0.29) is 5.91 Å². The number of benzene rings is 2. The minimum absolute atomic E-state index is 0.100. The second-order valence-electron chi connectivity index (χ2n) is 5.15. The number of hydrogen-bond acceptors (Lipinski definition) is 4. The number of para-hydroxylation sites is 2. The van der Waals surface area contributed by atoms with E-state index in [1.54, 1.807) is 11.3 Å². The van der Waals surface area contributed by atoms with E-state index in [2.05, 4.69) is 15.6 Å². The standard InChI is InChI=1S/C17H13N3OS/c1-10-16(22-9-18-10)11-6-7-13-12(8-11)17(21)20-15-5-3-2-4-14(15)19-13/h2-9,19H,1H3,(H,20,21). The van der Waals surface area contributed by atoms with Gasteiger partial charge in [0.05, 0.1) is 38.7 Å². The predicted octanol–water partition coefficient (Wildman–Crippen LogP) is 4.43. The smallest absolute Gasteiger partial charge is 0.257 e. The Hall–Kier alpha value is -2.66. The van der Waals surface area contributed by atoms with Crippen molar-refractivity contribution in [2.75, 3.05) is 10.6 Å². The maximum absolute atomic E-state index is 12.5. The average Bonchev–Trinajstić information content (AvgIpc) is 2.89. The highest BCUT2D eigenvalue weighted by molar-refractivity contribution is 7.13. The van der Waals surface area contributed by atoms with Crippen LogP contribution in [-0.4, -0.2) is 10.9 Å². The molecule has 3 aromatic rings. The predicted molar refractivity (Wildman–Crippen MR) is 90.0 cm³/mol. The molecular weight excluding hydrogens is 294 g/mol. The van der Waals surface area contributed by atoms with Gasteiger partial charge in [-0.2, -0.15) is 0 Å². The first-order chi connectivity index (χ1) is 10.7. The van der Waals surface area contributed by atoms with E-state index in [4.69, 9.17) is 0 Å². The number of thiazole rings is 1. The zero-order valence-corrected chi connectivity index (χ0v) is 12.7. The van der Waals surface area contributed by atoms with Crippen LogP contribution in [0.15, 0.2) is 48.0 Å². The lowest BCUT2D eigenvalue weighted by Gasteiger charge is -2.09. The Morgan fingerprint density at radius 3 is 2.50 bits per heavy atom. The average molecular weight is 307 g/mol. The molecule has 0 bridgehead atoms. The Morgan fingerprint density at radius 2 is 1.77 bits per heavy atom. The number of amides is 1. The van der Waals surface area contributed by atoms with E-state index in [1.807, 2.05) is 54.9 Å². The Kier molecular flexibility index (Phi) is 2.94. The number of fused-ring (bicyclic) bond motifs is 2. The number of carbonyl (C=O) groups excluding carboxylic acids is 1. The van der Waals surface area contributed by atoms with Crippen LogP contribution in [0.4, 0.5) is 17.1 Å². The molecule has 2 N–H and O–H groups in total. The number of hydrogen-bond donors (Lipinski definition) is 2. The molecule has 108 valence electrons. The number of nitrogens with zero attached hydrogens (tertiary/aromatic N) is 1. The lowest BCUT2D eigenvalue weighted by molar-refractivity contribution is 0.102. The number of aryl methyl sites for hydroxylation is 1. The minimum Gasteiger partial charge on any atom is -0.353 e. The van der Waals surface area contributed by atoms with E-state index in [0.717, 1.165) is 33.2 Å². The van der Waals surface area contributed by atoms with Crippen LogP contribution < -0.4 is 10.6 Å². The van der Waals surface area contributed by atoms with E-state index < -0.39 is 0 Å². The highest BCUT2D eigenvalue weighted by Crippen LogP contribution is 2.35. The van der Waals surface area contributed by atoms with Crippen LogP contribution in [0.5, 0.6) is 0 Å². The van der Waals surface area contributed by atoms with Gasteiger partial charge in [0.15, 0.2) is 0 Å². The van der Waals surface area contributed by atoms with Crippen molar-refractivity contribution in [1.82, 2.24) is 4.98 Å². The van der Waals surface area contributed by atoms with Crippen LogP contribution in [0, 0.1) is 6.92 Å². The molecule has 2 heterocycles. The maximum Gasteiger partial charge on any atom is 0.257 e. The van der Waals surface area contributed by atoms with Crippen LogP contribution in [0.1, 0.15) is 16.1 Å². The van der Waals surface area contributed by atoms with E-state index >= 15 is 0 Å². The van der Waals surface area contributed by atoms with Gasteiger partial charge in [-0.05, 0) is 36.8 Å². The van der Waals surface area contributed by atoms with Gasteiger partial charge in [0.2, 0.25) is 0 Å². The molecule has 1 amide bonds. The molecule has 0 saturated carbocycles. The van der Waals surface area contributed by atoms with Crippen molar-refractivity contribution in [3.05, 3.63) is 59.2 Å². The SMILES string of the molecule is Cc1ncsc1-c1ccc2c(c1)C(=O)Nc1ccccc1N2. The molecule has 0 unspecified atom stereocenters. The lowest BCUT2D eigenvalue weighted by atomic mass is 10.1. The van der Waals surface area contributed by atoms with Crippen molar-refractivity contribution in [3.8, 4) is 10.4 Å². The highest BCUT2D eigenvalue weighted by atomic mass is 32.1. The van der Waals surface area contributed by atoms with Gasteiger partial charge in [0, 0.05) is 0 Å². The van der Waals surface area contributed by atoms with Crippen LogP contribution in [-0.2, 0) is 0 Å². The van der Waals surface area contributed by atoms with Crippen LogP contribution in [0.3, 0.4) is 0 Å². The molecule has 0 radical (unpaired) electrons. The summed E-state index contributed by atoms with van der Waals surface area (Å²) in [4.78, 5) is 17.9. The molecule has 1 aliphatic rings. The Labute approximate surface area is 131 Å².